The molecule has 35 heavy (non-hydrogen) atoms. The molecule has 2 aliphatic rings. The molecule has 0 radical (unpaired) electrons. The first-order valence-electron chi connectivity index (χ1n) is 11.5. The summed E-state index contributed by atoms with van der Waals surface area (Å²) in [4.78, 5) is 32.5. The number of rotatable bonds is 5. The number of pyridine rings is 1. The Morgan fingerprint density at radius 2 is 1.91 bits per heavy atom. The summed E-state index contributed by atoms with van der Waals surface area (Å²) in [6, 6.07) is 8.39. The molecule has 0 bridgehead atoms. The number of morpholine rings is 1. The number of carbonyl (C=O) groups is 2. The maximum Gasteiger partial charge on any atom is 0.389 e. The maximum absolute atomic E-state index is 12.7. The third-order valence-corrected chi connectivity index (χ3v) is 6.29. The van der Waals surface area contributed by atoms with Gasteiger partial charge in [0, 0.05) is 38.3 Å². The van der Waals surface area contributed by atoms with E-state index in [1.54, 1.807) is 18.2 Å². The number of nitrogens with zero attached hydrogens (tertiary/aromatic N) is 3. The van der Waals surface area contributed by atoms with Gasteiger partial charge in [-0.25, -0.2) is 9.78 Å². The lowest BCUT2D eigenvalue weighted by atomic mass is 9.99. The van der Waals surface area contributed by atoms with Crippen molar-refractivity contribution in [1.82, 2.24) is 9.88 Å². The predicted octanol–water partition coefficient (Wildman–Crippen LogP) is 3.80. The minimum Gasteiger partial charge on any atom is -0.378 e. The van der Waals surface area contributed by atoms with E-state index >= 15 is 0 Å². The highest BCUT2D eigenvalue weighted by Gasteiger charge is 2.36. The molecule has 0 saturated carbocycles. The molecule has 1 aromatic carbocycles. The van der Waals surface area contributed by atoms with Crippen LogP contribution in [-0.2, 0) is 4.74 Å². The lowest BCUT2D eigenvalue weighted by Crippen LogP contribution is -2.37. The first-order valence-corrected chi connectivity index (χ1v) is 11.5. The molecule has 3 amide bonds. The van der Waals surface area contributed by atoms with Crippen LogP contribution in [0.5, 0.6) is 0 Å². The highest BCUT2D eigenvalue weighted by Crippen LogP contribution is 2.32. The van der Waals surface area contributed by atoms with Gasteiger partial charge in [-0.1, -0.05) is 6.07 Å². The van der Waals surface area contributed by atoms with Crippen LogP contribution < -0.4 is 16.0 Å². The molecule has 1 aromatic heterocycles. The summed E-state index contributed by atoms with van der Waals surface area (Å²) in [6.45, 7) is 4.63. The summed E-state index contributed by atoms with van der Waals surface area (Å²) in [5.41, 5.74) is 8.57. The summed E-state index contributed by atoms with van der Waals surface area (Å²) in [5, 5.41) is 2.79. The van der Waals surface area contributed by atoms with Gasteiger partial charge in [-0.2, -0.15) is 13.2 Å². The predicted molar refractivity (Wildman–Crippen MR) is 125 cm³/mol. The number of nitrogens with one attached hydrogen (secondary N) is 1. The Morgan fingerprint density at radius 3 is 2.60 bits per heavy atom. The summed E-state index contributed by atoms with van der Waals surface area (Å²) in [6.07, 6.45) is -4.80. The number of aromatic nitrogens is 1. The van der Waals surface area contributed by atoms with Crippen molar-refractivity contribution in [2.45, 2.75) is 25.9 Å². The van der Waals surface area contributed by atoms with E-state index in [1.807, 2.05) is 24.0 Å². The van der Waals surface area contributed by atoms with Gasteiger partial charge in [0.15, 0.2) is 0 Å². The topological polar surface area (TPSA) is 101 Å². The molecule has 0 aliphatic carbocycles. The molecular weight excluding hydrogens is 463 g/mol. The Morgan fingerprint density at radius 1 is 1.17 bits per heavy atom. The van der Waals surface area contributed by atoms with Gasteiger partial charge in [0.25, 0.3) is 5.91 Å². The molecule has 188 valence electrons. The number of halogens is 3. The molecule has 1 atom stereocenters. The minimum atomic E-state index is -4.24. The SMILES string of the molecule is Cc1ccc(NC(=O)N2CC[C@@H](CC(F)(F)F)C2)cc1-c1cc(C(N)=O)nc(N2CCOCC2)c1. The van der Waals surface area contributed by atoms with Crippen molar-refractivity contribution >= 4 is 23.4 Å². The Labute approximate surface area is 201 Å². The number of carbonyl (C=O) groups excluding carboxylic acids is 2. The highest BCUT2D eigenvalue weighted by molar-refractivity contribution is 5.94. The van der Waals surface area contributed by atoms with Crippen LogP contribution in [0.4, 0.5) is 29.5 Å². The summed E-state index contributed by atoms with van der Waals surface area (Å²) < 4.78 is 43.5. The van der Waals surface area contributed by atoms with E-state index in [0.29, 0.717) is 44.2 Å². The fraction of sp³-hybridized carbons (Fsp3) is 0.458. The van der Waals surface area contributed by atoms with Gasteiger partial charge in [0.05, 0.1) is 13.2 Å². The molecule has 0 unspecified atom stereocenters. The first-order chi connectivity index (χ1) is 16.6. The lowest BCUT2D eigenvalue weighted by molar-refractivity contribution is -0.143. The summed E-state index contributed by atoms with van der Waals surface area (Å²) in [7, 11) is 0. The molecule has 2 saturated heterocycles. The van der Waals surface area contributed by atoms with Crippen molar-refractivity contribution < 1.29 is 27.5 Å². The molecule has 2 aromatic rings. The van der Waals surface area contributed by atoms with Crippen LogP contribution in [0, 0.1) is 12.8 Å². The van der Waals surface area contributed by atoms with Gasteiger partial charge in [-0.05, 0) is 60.2 Å². The molecular formula is C24H28F3N5O3. The zero-order chi connectivity index (χ0) is 25.2. The number of anilines is 2. The fourth-order valence-electron chi connectivity index (χ4n) is 4.48. The number of aryl methyl sites for hydroxylation is 1. The number of likely N-dealkylation sites (tertiary alicyclic amines) is 1. The second kappa shape index (κ2) is 10.1. The number of urea groups is 1. The quantitative estimate of drug-likeness (QED) is 0.663. The normalized spacial score (nSPS) is 18.6. The summed E-state index contributed by atoms with van der Waals surface area (Å²) >= 11 is 0. The van der Waals surface area contributed by atoms with Crippen LogP contribution in [0.25, 0.3) is 11.1 Å². The number of amides is 3. The maximum atomic E-state index is 12.7. The van der Waals surface area contributed by atoms with Gasteiger partial charge in [-0.3, -0.25) is 4.79 Å². The molecule has 2 aliphatic heterocycles. The zero-order valence-electron chi connectivity index (χ0n) is 19.4. The smallest absolute Gasteiger partial charge is 0.378 e. The van der Waals surface area contributed by atoms with E-state index in [1.165, 1.54) is 4.90 Å². The molecule has 8 nitrogen and oxygen atoms in total. The van der Waals surface area contributed by atoms with Gasteiger partial charge in [0.1, 0.15) is 11.5 Å². The van der Waals surface area contributed by atoms with Crippen LogP contribution in [0.1, 0.15) is 28.9 Å². The Balaban J connectivity index is 1.55. The molecule has 3 N–H and O–H groups in total. The lowest BCUT2D eigenvalue weighted by Gasteiger charge is -2.28. The van der Waals surface area contributed by atoms with Crippen molar-refractivity contribution in [3.8, 4) is 11.1 Å². The van der Waals surface area contributed by atoms with Crippen LogP contribution in [-0.4, -0.2) is 67.4 Å². The van der Waals surface area contributed by atoms with Crippen molar-refractivity contribution in [2.24, 2.45) is 11.7 Å². The number of primary amides is 1. The van der Waals surface area contributed by atoms with E-state index < -0.39 is 30.5 Å². The number of nitrogens with two attached hydrogens (primary N) is 1. The van der Waals surface area contributed by atoms with Gasteiger partial charge in [-0.15, -0.1) is 0 Å². The van der Waals surface area contributed by atoms with Crippen LogP contribution in [0.3, 0.4) is 0 Å². The van der Waals surface area contributed by atoms with E-state index in [0.717, 1.165) is 16.7 Å². The number of hydrogen-bond donors (Lipinski definition) is 2. The molecule has 11 heteroatoms. The van der Waals surface area contributed by atoms with Crippen molar-refractivity contribution in [3.63, 3.8) is 0 Å². The van der Waals surface area contributed by atoms with Gasteiger partial charge >= 0.3 is 12.2 Å². The van der Waals surface area contributed by atoms with E-state index in [4.69, 9.17) is 10.5 Å². The number of hydrogen-bond acceptors (Lipinski definition) is 5. The highest BCUT2D eigenvalue weighted by atomic mass is 19.4. The van der Waals surface area contributed by atoms with E-state index in [2.05, 4.69) is 10.3 Å². The van der Waals surface area contributed by atoms with Crippen LogP contribution >= 0.6 is 0 Å². The van der Waals surface area contributed by atoms with Gasteiger partial charge < -0.3 is 25.6 Å². The monoisotopic (exact) mass is 491 g/mol. The number of alkyl halides is 3. The van der Waals surface area contributed by atoms with Crippen LogP contribution in [0.15, 0.2) is 30.3 Å². The van der Waals surface area contributed by atoms with Gasteiger partial charge in [0.2, 0.25) is 0 Å². The third kappa shape index (κ3) is 6.21. The molecule has 4 rings (SSSR count). The standard InChI is InChI=1S/C24H28F3N5O3/c1-15-2-3-18(29-23(34)32-5-4-16(14-32)13-24(25,26)27)12-19(15)17-10-20(22(28)33)30-21(11-17)31-6-8-35-9-7-31/h2-3,10-12,16H,4-9,13-14H2,1H3,(H2,28,33)(H,29,34)/t16-/m0/s1. The fourth-order valence-corrected chi connectivity index (χ4v) is 4.48. The van der Waals surface area contributed by atoms with Crippen LogP contribution in [0.2, 0.25) is 0 Å². The largest absolute Gasteiger partial charge is 0.389 e. The van der Waals surface area contributed by atoms with Crippen molar-refractivity contribution in [2.75, 3.05) is 49.6 Å². The molecule has 2 fully saturated rings. The van der Waals surface area contributed by atoms with Crippen molar-refractivity contribution in [3.05, 3.63) is 41.6 Å². The number of ether oxygens (including phenoxy) is 1. The van der Waals surface area contributed by atoms with Crippen molar-refractivity contribution in [1.29, 1.82) is 0 Å². The Bertz CT molecular complexity index is 1100. The zero-order valence-corrected chi connectivity index (χ0v) is 19.4. The third-order valence-electron chi connectivity index (χ3n) is 6.29. The van der Waals surface area contributed by atoms with E-state index in [-0.39, 0.29) is 18.8 Å². The van der Waals surface area contributed by atoms with E-state index in [9.17, 15) is 22.8 Å². The first kappa shape index (κ1) is 24.8. The average Bonchev–Trinajstić information content (AvgIpc) is 3.27. The molecule has 3 heterocycles. The second-order valence-electron chi connectivity index (χ2n) is 8.94. The number of benzene rings is 1. The molecule has 0 spiro atoms. The average molecular weight is 492 g/mol. The second-order valence-corrected chi connectivity index (χ2v) is 8.94. The summed E-state index contributed by atoms with van der Waals surface area (Å²) in [5.74, 6) is -0.621. The Hall–Kier alpha value is -3.34. The minimum absolute atomic E-state index is 0.0687. The Kier molecular flexibility index (Phi) is 7.15.